The molecule has 0 amide bonds. The van der Waals surface area contributed by atoms with Gasteiger partial charge in [0.15, 0.2) is 5.78 Å². The van der Waals surface area contributed by atoms with Crippen molar-refractivity contribution < 1.29 is 14.1 Å². The van der Waals surface area contributed by atoms with Gasteiger partial charge in [-0.25, -0.2) is 4.39 Å². The fraction of sp³-hybridized carbons (Fsp3) is 0.227. The SMILES string of the molecule is C=CCN(Cc1cc(F)ccc1C(=O)C1C=CC1)Cc1ccccc1[N+](=O)[O-]. The normalized spacial score (nSPS) is 15.3. The Kier molecular flexibility index (Phi) is 6.11. The summed E-state index contributed by atoms with van der Waals surface area (Å²) in [4.78, 5) is 25.5. The first-order valence-corrected chi connectivity index (χ1v) is 9.04. The monoisotopic (exact) mass is 380 g/mol. The fourth-order valence-corrected chi connectivity index (χ4v) is 3.27. The molecular weight excluding hydrogens is 359 g/mol. The molecule has 0 bridgehead atoms. The van der Waals surface area contributed by atoms with Gasteiger partial charge in [-0.2, -0.15) is 0 Å². The van der Waals surface area contributed by atoms with Gasteiger partial charge < -0.3 is 0 Å². The summed E-state index contributed by atoms with van der Waals surface area (Å²) < 4.78 is 13.9. The van der Waals surface area contributed by atoms with Gasteiger partial charge in [0.05, 0.1) is 4.92 Å². The van der Waals surface area contributed by atoms with Crippen LogP contribution in [0.4, 0.5) is 10.1 Å². The van der Waals surface area contributed by atoms with Crippen molar-refractivity contribution in [1.82, 2.24) is 4.90 Å². The van der Waals surface area contributed by atoms with E-state index in [9.17, 15) is 19.3 Å². The van der Waals surface area contributed by atoms with Gasteiger partial charge >= 0.3 is 0 Å². The second kappa shape index (κ2) is 8.71. The van der Waals surface area contributed by atoms with Crippen molar-refractivity contribution >= 4 is 11.5 Å². The minimum absolute atomic E-state index is 0.0262. The van der Waals surface area contributed by atoms with E-state index < -0.39 is 10.7 Å². The Bertz CT molecular complexity index is 939. The maximum absolute atomic E-state index is 13.9. The Balaban J connectivity index is 1.88. The summed E-state index contributed by atoms with van der Waals surface area (Å²) in [5.41, 5.74) is 1.66. The predicted octanol–water partition coefficient (Wildman–Crippen LogP) is 4.68. The number of carbonyl (C=O) groups is 1. The van der Waals surface area contributed by atoms with E-state index in [1.807, 2.05) is 17.1 Å². The zero-order valence-corrected chi connectivity index (χ0v) is 15.4. The fourth-order valence-electron chi connectivity index (χ4n) is 3.27. The molecule has 1 aliphatic carbocycles. The summed E-state index contributed by atoms with van der Waals surface area (Å²) >= 11 is 0. The van der Waals surface area contributed by atoms with Crippen molar-refractivity contribution in [2.24, 2.45) is 5.92 Å². The van der Waals surface area contributed by atoms with E-state index in [-0.39, 0.29) is 30.5 Å². The summed E-state index contributed by atoms with van der Waals surface area (Å²) in [6, 6.07) is 10.7. The third-order valence-corrected chi connectivity index (χ3v) is 4.79. The minimum Gasteiger partial charge on any atom is -0.293 e. The Hall–Kier alpha value is -3.12. The minimum atomic E-state index is -0.417. The number of nitro groups is 1. The summed E-state index contributed by atoms with van der Waals surface area (Å²) in [5, 5.41) is 11.3. The van der Waals surface area contributed by atoms with Crippen LogP contribution < -0.4 is 0 Å². The quantitative estimate of drug-likeness (QED) is 0.274. The Labute approximate surface area is 162 Å². The number of allylic oxidation sites excluding steroid dienone is 2. The third-order valence-electron chi connectivity index (χ3n) is 4.79. The lowest BCUT2D eigenvalue weighted by Gasteiger charge is -2.24. The standard InChI is InChI=1S/C22H21FN2O3/c1-2-12-24(14-17-6-3-4-9-21(17)25(27)28)15-18-13-19(23)10-11-20(18)22(26)16-7-5-8-16/h2-7,9-11,13,16H,1,8,12,14-15H2. The first kappa shape index (κ1) is 19.6. The molecule has 0 heterocycles. The van der Waals surface area contributed by atoms with Crippen molar-refractivity contribution in [2.45, 2.75) is 19.5 Å². The zero-order chi connectivity index (χ0) is 20.1. The van der Waals surface area contributed by atoms with E-state index in [2.05, 4.69) is 6.58 Å². The number of Topliss-reactive ketones (excluding diaryl/α,β-unsaturated/α-hetero) is 1. The molecule has 6 heteroatoms. The van der Waals surface area contributed by atoms with Gasteiger partial charge in [0, 0.05) is 42.7 Å². The van der Waals surface area contributed by atoms with Crippen LogP contribution in [0.5, 0.6) is 0 Å². The van der Waals surface area contributed by atoms with E-state index in [1.54, 1.807) is 24.3 Å². The van der Waals surface area contributed by atoms with Crippen molar-refractivity contribution in [2.75, 3.05) is 6.54 Å². The maximum atomic E-state index is 13.9. The van der Waals surface area contributed by atoms with Crippen LogP contribution in [0.15, 0.2) is 67.3 Å². The number of hydrogen-bond acceptors (Lipinski definition) is 4. The zero-order valence-electron chi connectivity index (χ0n) is 15.4. The molecule has 1 unspecified atom stereocenters. The van der Waals surface area contributed by atoms with Gasteiger partial charge in [0.1, 0.15) is 5.82 Å². The van der Waals surface area contributed by atoms with Crippen LogP contribution in [0.25, 0.3) is 0 Å². The molecule has 0 fully saturated rings. The van der Waals surface area contributed by atoms with Crippen LogP contribution in [-0.4, -0.2) is 22.2 Å². The number of hydrogen-bond donors (Lipinski definition) is 0. The predicted molar refractivity (Wildman–Crippen MR) is 105 cm³/mol. The molecule has 1 atom stereocenters. The average Bonchev–Trinajstić information content (AvgIpc) is 2.60. The largest absolute Gasteiger partial charge is 0.293 e. The van der Waals surface area contributed by atoms with E-state index in [0.29, 0.717) is 29.7 Å². The number of ketones is 1. The van der Waals surface area contributed by atoms with Gasteiger partial charge in [-0.1, -0.05) is 36.4 Å². The molecule has 28 heavy (non-hydrogen) atoms. The molecule has 0 radical (unpaired) electrons. The first-order valence-electron chi connectivity index (χ1n) is 9.04. The number of para-hydroxylation sites is 1. The molecule has 5 nitrogen and oxygen atoms in total. The van der Waals surface area contributed by atoms with Crippen molar-refractivity contribution in [3.8, 4) is 0 Å². The Morgan fingerprint density at radius 1 is 1.25 bits per heavy atom. The molecule has 144 valence electrons. The van der Waals surface area contributed by atoms with Crippen LogP contribution in [-0.2, 0) is 13.1 Å². The molecule has 0 N–H and O–H groups in total. The van der Waals surface area contributed by atoms with E-state index in [4.69, 9.17) is 0 Å². The average molecular weight is 380 g/mol. The van der Waals surface area contributed by atoms with Gasteiger partial charge in [0.25, 0.3) is 5.69 Å². The summed E-state index contributed by atoms with van der Waals surface area (Å²) in [7, 11) is 0. The van der Waals surface area contributed by atoms with Gasteiger partial charge in [-0.3, -0.25) is 19.8 Å². The van der Waals surface area contributed by atoms with Crippen molar-refractivity contribution in [3.63, 3.8) is 0 Å². The lowest BCUT2D eigenvalue weighted by Crippen LogP contribution is -2.26. The van der Waals surface area contributed by atoms with Crippen LogP contribution in [0, 0.1) is 21.8 Å². The number of carbonyl (C=O) groups excluding carboxylic acids is 1. The molecule has 2 aromatic rings. The van der Waals surface area contributed by atoms with Gasteiger partial charge in [-0.15, -0.1) is 6.58 Å². The number of rotatable bonds is 9. The number of nitrogens with zero attached hydrogens (tertiary/aromatic N) is 2. The Morgan fingerprint density at radius 3 is 2.61 bits per heavy atom. The first-order chi connectivity index (χ1) is 13.5. The van der Waals surface area contributed by atoms with Crippen LogP contribution in [0.3, 0.4) is 0 Å². The topological polar surface area (TPSA) is 63.5 Å². The maximum Gasteiger partial charge on any atom is 0.273 e. The summed E-state index contributed by atoms with van der Waals surface area (Å²) in [6.07, 6.45) is 6.17. The van der Waals surface area contributed by atoms with Crippen LogP contribution in [0.2, 0.25) is 0 Å². The molecule has 0 saturated carbocycles. The van der Waals surface area contributed by atoms with E-state index >= 15 is 0 Å². The van der Waals surface area contributed by atoms with E-state index in [1.165, 1.54) is 24.3 Å². The molecule has 2 aromatic carbocycles. The molecule has 1 aliphatic rings. The highest BCUT2D eigenvalue weighted by molar-refractivity contribution is 6.01. The molecule has 3 rings (SSSR count). The number of nitro benzene ring substituents is 1. The lowest BCUT2D eigenvalue weighted by molar-refractivity contribution is -0.385. The van der Waals surface area contributed by atoms with E-state index in [0.717, 1.165) is 0 Å². The van der Waals surface area contributed by atoms with Crippen molar-refractivity contribution in [1.29, 1.82) is 0 Å². The highest BCUT2D eigenvalue weighted by Crippen LogP contribution is 2.26. The molecule has 0 aliphatic heterocycles. The summed E-state index contributed by atoms with van der Waals surface area (Å²) in [5.74, 6) is -0.603. The molecule has 0 aromatic heterocycles. The highest BCUT2D eigenvalue weighted by Gasteiger charge is 2.24. The lowest BCUT2D eigenvalue weighted by atomic mass is 9.85. The second-order valence-electron chi connectivity index (χ2n) is 6.78. The van der Waals surface area contributed by atoms with Crippen molar-refractivity contribution in [3.05, 3.63) is 99.9 Å². The van der Waals surface area contributed by atoms with Crippen LogP contribution >= 0.6 is 0 Å². The smallest absolute Gasteiger partial charge is 0.273 e. The van der Waals surface area contributed by atoms with Gasteiger partial charge in [0.2, 0.25) is 0 Å². The molecular formula is C22H21FN2O3. The molecule has 0 spiro atoms. The molecule has 0 saturated heterocycles. The van der Waals surface area contributed by atoms with Gasteiger partial charge in [-0.05, 0) is 30.2 Å². The number of halogens is 1. The number of benzene rings is 2. The van der Waals surface area contributed by atoms with Crippen LogP contribution in [0.1, 0.15) is 27.9 Å². The highest BCUT2D eigenvalue weighted by atomic mass is 19.1. The Morgan fingerprint density at radius 2 is 1.96 bits per heavy atom. The second-order valence-corrected chi connectivity index (χ2v) is 6.78. The third kappa shape index (κ3) is 4.40. The summed E-state index contributed by atoms with van der Waals surface area (Å²) in [6.45, 7) is 4.76.